The number of benzene rings is 2. The van der Waals surface area contributed by atoms with Crippen molar-refractivity contribution in [1.29, 1.82) is 0 Å². The summed E-state index contributed by atoms with van der Waals surface area (Å²) in [7, 11) is 1.53. The van der Waals surface area contributed by atoms with Gasteiger partial charge in [0, 0.05) is 29.1 Å². The third kappa shape index (κ3) is 5.62. The largest absolute Gasteiger partial charge is 0.497 e. The van der Waals surface area contributed by atoms with E-state index in [1.54, 1.807) is 36.4 Å². The number of methoxy groups -OCH3 is 1. The minimum absolute atomic E-state index is 0.0319. The lowest BCUT2D eigenvalue weighted by molar-refractivity contribution is -0.143. The van der Waals surface area contributed by atoms with Gasteiger partial charge < -0.3 is 10.1 Å². The Bertz CT molecular complexity index is 1710. The second kappa shape index (κ2) is 11.6. The van der Waals surface area contributed by atoms with Crippen molar-refractivity contribution in [1.82, 2.24) is 19.9 Å². The number of carbonyl (C=O) groups excluding carboxylic acids is 2. The first-order valence-corrected chi connectivity index (χ1v) is 14.9. The van der Waals surface area contributed by atoms with E-state index in [4.69, 9.17) is 4.74 Å². The number of alkyl halides is 3. The number of anilines is 1. The number of hydrogen-bond acceptors (Lipinski definition) is 5. The number of nitrogens with zero attached hydrogens (tertiary/aromatic N) is 4. The molecule has 0 saturated heterocycles. The average molecular weight is 606 g/mol. The molecule has 1 unspecified atom stereocenters. The Kier molecular flexibility index (Phi) is 7.81. The van der Waals surface area contributed by atoms with E-state index in [0.717, 1.165) is 41.3 Å². The summed E-state index contributed by atoms with van der Waals surface area (Å²) in [6.07, 6.45) is 0.218. The van der Waals surface area contributed by atoms with E-state index < -0.39 is 23.8 Å². The Hall–Kier alpha value is -4.41. The molecule has 1 N–H and O–H groups in total. The van der Waals surface area contributed by atoms with Gasteiger partial charge in [0.1, 0.15) is 11.8 Å². The molecule has 0 aliphatic heterocycles. The molecule has 1 fully saturated rings. The lowest BCUT2D eigenvalue weighted by Crippen LogP contribution is -2.46. The van der Waals surface area contributed by atoms with E-state index in [0.29, 0.717) is 35.5 Å². The molecule has 44 heavy (non-hydrogen) atoms. The van der Waals surface area contributed by atoms with Gasteiger partial charge in [0.15, 0.2) is 17.0 Å². The quantitative estimate of drug-likeness (QED) is 0.267. The summed E-state index contributed by atoms with van der Waals surface area (Å²) in [5.74, 6) is -0.519. The van der Waals surface area contributed by atoms with Gasteiger partial charge in [-0.15, -0.1) is 0 Å². The molecule has 2 heterocycles. The number of amides is 2. The van der Waals surface area contributed by atoms with Crippen molar-refractivity contribution < 1.29 is 27.5 Å². The van der Waals surface area contributed by atoms with Gasteiger partial charge in [-0.3, -0.25) is 14.5 Å². The topological polar surface area (TPSA) is 88.8 Å². The van der Waals surface area contributed by atoms with Crippen molar-refractivity contribution in [3.05, 3.63) is 87.9 Å². The molecule has 2 aromatic carbocycles. The smallest absolute Gasteiger partial charge is 0.433 e. The van der Waals surface area contributed by atoms with Crippen LogP contribution in [0.15, 0.2) is 48.5 Å². The van der Waals surface area contributed by atoms with Gasteiger partial charge in [-0.1, -0.05) is 31.0 Å². The number of nitrogens with one attached hydrogen (secondary N) is 1. The Morgan fingerprint density at radius 1 is 1.00 bits per heavy atom. The molecule has 4 aromatic rings. The van der Waals surface area contributed by atoms with E-state index >= 15 is 0 Å². The fourth-order valence-corrected chi connectivity index (χ4v) is 6.53. The number of ether oxygens (including phenoxy) is 1. The van der Waals surface area contributed by atoms with Crippen molar-refractivity contribution in [2.24, 2.45) is 0 Å². The van der Waals surface area contributed by atoms with Crippen molar-refractivity contribution in [3.63, 3.8) is 0 Å². The first kappa shape index (κ1) is 29.7. The number of rotatable bonds is 7. The van der Waals surface area contributed by atoms with Crippen LogP contribution in [0.25, 0.3) is 5.65 Å². The highest BCUT2D eigenvalue weighted by atomic mass is 19.4. The van der Waals surface area contributed by atoms with Crippen LogP contribution < -0.4 is 15.0 Å². The standard InChI is InChI=1S/C33H34F3N5O3/c1-19-15-20(2)17-23(16-19)40(29(21-11-13-24(44-3)14-12-21)31(42)37-22-7-4-5-8-22)32(43)27-18-28-38-26-10-6-9-25(26)30(33(34,35)36)41(28)39-27/h11-18,22,29H,4-10H2,1-3H3,(H,37,42). The predicted octanol–water partition coefficient (Wildman–Crippen LogP) is 6.31. The van der Waals surface area contributed by atoms with Crippen molar-refractivity contribution >= 4 is 23.1 Å². The van der Waals surface area contributed by atoms with Crippen LogP contribution in [-0.2, 0) is 23.8 Å². The molecule has 1 saturated carbocycles. The van der Waals surface area contributed by atoms with E-state index in [1.807, 2.05) is 19.9 Å². The van der Waals surface area contributed by atoms with Gasteiger partial charge >= 0.3 is 6.18 Å². The minimum atomic E-state index is -4.69. The summed E-state index contributed by atoms with van der Waals surface area (Å²) < 4.78 is 49.1. The van der Waals surface area contributed by atoms with Gasteiger partial charge in [0.05, 0.1) is 7.11 Å². The van der Waals surface area contributed by atoms with Crippen molar-refractivity contribution in [2.45, 2.75) is 77.1 Å². The zero-order valence-corrected chi connectivity index (χ0v) is 24.9. The Morgan fingerprint density at radius 3 is 2.32 bits per heavy atom. The maximum Gasteiger partial charge on any atom is 0.433 e. The summed E-state index contributed by atoms with van der Waals surface area (Å²) in [5, 5.41) is 7.33. The molecular formula is C33H34F3N5O3. The molecule has 2 aromatic heterocycles. The predicted molar refractivity (Wildman–Crippen MR) is 159 cm³/mol. The molecule has 230 valence electrons. The van der Waals surface area contributed by atoms with Crippen LogP contribution in [0.1, 0.15) is 82.3 Å². The molecule has 2 aliphatic carbocycles. The fraction of sp³-hybridized carbons (Fsp3) is 0.394. The van der Waals surface area contributed by atoms with Crippen LogP contribution in [0.5, 0.6) is 5.75 Å². The number of carbonyl (C=O) groups is 2. The fourth-order valence-electron chi connectivity index (χ4n) is 6.53. The summed E-state index contributed by atoms with van der Waals surface area (Å²) in [4.78, 5) is 34.5. The normalized spacial score (nSPS) is 15.8. The van der Waals surface area contributed by atoms with Crippen LogP contribution in [0.3, 0.4) is 0 Å². The highest BCUT2D eigenvalue weighted by Crippen LogP contribution is 2.38. The number of hydrogen-bond donors (Lipinski definition) is 1. The summed E-state index contributed by atoms with van der Waals surface area (Å²) in [6.45, 7) is 3.76. The molecule has 1 atom stereocenters. The summed E-state index contributed by atoms with van der Waals surface area (Å²) >= 11 is 0. The van der Waals surface area contributed by atoms with Crippen LogP contribution in [0.4, 0.5) is 18.9 Å². The van der Waals surface area contributed by atoms with Gasteiger partial charge in [-0.2, -0.15) is 18.3 Å². The van der Waals surface area contributed by atoms with Crippen LogP contribution in [-0.4, -0.2) is 39.6 Å². The Morgan fingerprint density at radius 2 is 1.68 bits per heavy atom. The number of aryl methyl sites for hydroxylation is 3. The van der Waals surface area contributed by atoms with E-state index in [9.17, 15) is 22.8 Å². The van der Waals surface area contributed by atoms with Gasteiger partial charge in [-0.05, 0) is 86.9 Å². The maximum atomic E-state index is 14.6. The third-order valence-electron chi connectivity index (χ3n) is 8.46. The molecule has 6 rings (SSSR count). The van der Waals surface area contributed by atoms with E-state index in [1.165, 1.54) is 18.1 Å². The second-order valence-corrected chi connectivity index (χ2v) is 11.7. The molecule has 2 aliphatic rings. The zero-order chi connectivity index (χ0) is 31.2. The van der Waals surface area contributed by atoms with E-state index in [2.05, 4.69) is 15.4 Å². The van der Waals surface area contributed by atoms with Gasteiger partial charge in [0.25, 0.3) is 5.91 Å². The average Bonchev–Trinajstić information content (AvgIpc) is 3.74. The maximum absolute atomic E-state index is 14.6. The molecule has 8 nitrogen and oxygen atoms in total. The second-order valence-electron chi connectivity index (χ2n) is 11.7. The molecule has 11 heteroatoms. The van der Waals surface area contributed by atoms with Crippen LogP contribution in [0.2, 0.25) is 0 Å². The number of halogens is 3. The Balaban J connectivity index is 1.52. The SMILES string of the molecule is COc1ccc(C(C(=O)NC2CCCC2)N(C(=O)c2cc3nc4c(c(C(F)(F)F)n3n2)CCC4)c2cc(C)cc(C)c2)cc1. The summed E-state index contributed by atoms with van der Waals surface area (Å²) in [5.41, 5.74) is 1.95. The molecule has 2 amide bonds. The van der Waals surface area contributed by atoms with Crippen molar-refractivity contribution in [2.75, 3.05) is 12.0 Å². The first-order chi connectivity index (χ1) is 21.0. The summed E-state index contributed by atoms with van der Waals surface area (Å²) in [6, 6.07) is 12.5. The number of fused-ring (bicyclic) bond motifs is 2. The van der Waals surface area contributed by atoms with Crippen molar-refractivity contribution in [3.8, 4) is 5.75 Å². The van der Waals surface area contributed by atoms with Crippen LogP contribution >= 0.6 is 0 Å². The zero-order valence-electron chi connectivity index (χ0n) is 24.9. The molecule has 0 radical (unpaired) electrons. The van der Waals surface area contributed by atoms with Crippen LogP contribution in [0, 0.1) is 13.8 Å². The Labute approximate surface area is 253 Å². The van der Waals surface area contributed by atoms with E-state index in [-0.39, 0.29) is 35.3 Å². The first-order valence-electron chi connectivity index (χ1n) is 14.9. The monoisotopic (exact) mass is 605 g/mol. The highest BCUT2D eigenvalue weighted by molar-refractivity contribution is 6.09. The number of aromatic nitrogens is 3. The van der Waals surface area contributed by atoms with Gasteiger partial charge in [-0.25, -0.2) is 9.50 Å². The highest BCUT2D eigenvalue weighted by Gasteiger charge is 2.41. The molecule has 0 spiro atoms. The third-order valence-corrected chi connectivity index (χ3v) is 8.46. The van der Waals surface area contributed by atoms with Gasteiger partial charge in [0.2, 0.25) is 5.91 Å². The lowest BCUT2D eigenvalue weighted by atomic mass is 10.0. The molecular weight excluding hydrogens is 571 g/mol. The minimum Gasteiger partial charge on any atom is -0.497 e. The molecule has 0 bridgehead atoms. The lowest BCUT2D eigenvalue weighted by Gasteiger charge is -2.32.